The minimum Gasteiger partial charge on any atom is -0.481 e. The number of nitrogens with zero attached hydrogens (tertiary/aromatic N) is 1. The van der Waals surface area contributed by atoms with Gasteiger partial charge in [0.25, 0.3) is 0 Å². The van der Waals surface area contributed by atoms with Gasteiger partial charge in [-0.05, 0) is 20.3 Å². The van der Waals surface area contributed by atoms with Gasteiger partial charge in [-0.3, -0.25) is 9.59 Å². The number of allylic oxidation sites excluding steroid dienone is 1. The molecule has 0 aromatic carbocycles. The first-order valence-corrected chi connectivity index (χ1v) is 5.69. The summed E-state index contributed by atoms with van der Waals surface area (Å²) in [6.07, 6.45) is 1.27. The van der Waals surface area contributed by atoms with Crippen LogP contribution in [-0.2, 0) is 14.4 Å². The zero-order valence-electron chi connectivity index (χ0n) is 10.8. The average Bonchev–Trinajstić information content (AvgIpc) is 2.21. The maximum absolute atomic E-state index is 11.9. The Kier molecular flexibility index (Phi) is 6.70. The van der Waals surface area contributed by atoms with E-state index in [0.717, 1.165) is 10.5 Å². The molecule has 0 saturated heterocycles. The average molecular weight is 257 g/mol. The molecule has 0 heterocycles. The summed E-state index contributed by atoms with van der Waals surface area (Å²) in [4.78, 5) is 34.5. The second-order valence-electron chi connectivity index (χ2n) is 4.16. The van der Waals surface area contributed by atoms with Crippen LogP contribution in [0, 0.1) is 0 Å². The maximum atomic E-state index is 11.9. The molecule has 6 nitrogen and oxygen atoms in total. The SMILES string of the molecule is CCC(C(=O)O)N(CCC(=O)O)C(=O)C=C(C)C. The zero-order valence-corrected chi connectivity index (χ0v) is 10.8. The molecule has 0 aliphatic rings. The summed E-state index contributed by atoms with van der Waals surface area (Å²) in [5.41, 5.74) is 0.737. The van der Waals surface area contributed by atoms with Crippen LogP contribution >= 0.6 is 0 Å². The molecule has 0 saturated carbocycles. The maximum Gasteiger partial charge on any atom is 0.326 e. The van der Waals surface area contributed by atoms with Crippen LogP contribution in [0.15, 0.2) is 11.6 Å². The number of hydrogen-bond donors (Lipinski definition) is 2. The van der Waals surface area contributed by atoms with E-state index >= 15 is 0 Å². The molecule has 1 unspecified atom stereocenters. The van der Waals surface area contributed by atoms with E-state index in [0.29, 0.717) is 0 Å². The lowest BCUT2D eigenvalue weighted by molar-refractivity contribution is -0.150. The van der Waals surface area contributed by atoms with Crippen molar-refractivity contribution in [2.24, 2.45) is 0 Å². The third-order valence-corrected chi connectivity index (χ3v) is 2.31. The molecule has 0 rings (SSSR count). The number of carboxylic acid groups (broad SMARTS) is 2. The van der Waals surface area contributed by atoms with Crippen molar-refractivity contribution in [3.05, 3.63) is 11.6 Å². The Morgan fingerprint density at radius 3 is 2.11 bits per heavy atom. The first kappa shape index (κ1) is 16.1. The molecule has 0 spiro atoms. The molecule has 0 radical (unpaired) electrons. The first-order valence-electron chi connectivity index (χ1n) is 5.69. The van der Waals surface area contributed by atoms with E-state index in [-0.39, 0.29) is 19.4 Å². The topological polar surface area (TPSA) is 94.9 Å². The Hall–Kier alpha value is -1.85. The van der Waals surface area contributed by atoms with Crippen LogP contribution < -0.4 is 0 Å². The minimum absolute atomic E-state index is 0.108. The number of carboxylic acids is 2. The lowest BCUT2D eigenvalue weighted by Crippen LogP contribution is -2.45. The van der Waals surface area contributed by atoms with Crippen molar-refractivity contribution in [3.63, 3.8) is 0 Å². The fraction of sp³-hybridized carbons (Fsp3) is 0.583. The monoisotopic (exact) mass is 257 g/mol. The molecular formula is C12H19NO5. The predicted molar refractivity (Wildman–Crippen MR) is 65.1 cm³/mol. The number of rotatable bonds is 7. The largest absolute Gasteiger partial charge is 0.481 e. The van der Waals surface area contributed by atoms with Crippen molar-refractivity contribution in [1.82, 2.24) is 4.90 Å². The number of carbonyl (C=O) groups is 3. The molecule has 6 heteroatoms. The minimum atomic E-state index is -1.13. The van der Waals surface area contributed by atoms with Crippen molar-refractivity contribution in [2.75, 3.05) is 6.54 Å². The van der Waals surface area contributed by atoms with Gasteiger partial charge in [0.15, 0.2) is 0 Å². The van der Waals surface area contributed by atoms with Crippen LogP contribution in [0.5, 0.6) is 0 Å². The fourth-order valence-corrected chi connectivity index (χ4v) is 1.49. The third-order valence-electron chi connectivity index (χ3n) is 2.31. The highest BCUT2D eigenvalue weighted by Crippen LogP contribution is 2.08. The summed E-state index contributed by atoms with van der Waals surface area (Å²) < 4.78 is 0. The van der Waals surface area contributed by atoms with Gasteiger partial charge in [0.05, 0.1) is 6.42 Å². The van der Waals surface area contributed by atoms with E-state index in [1.54, 1.807) is 20.8 Å². The van der Waals surface area contributed by atoms with Gasteiger partial charge < -0.3 is 15.1 Å². The van der Waals surface area contributed by atoms with Crippen molar-refractivity contribution >= 4 is 17.8 Å². The third kappa shape index (κ3) is 5.47. The van der Waals surface area contributed by atoms with Crippen LogP contribution in [0.1, 0.15) is 33.6 Å². The van der Waals surface area contributed by atoms with E-state index in [4.69, 9.17) is 10.2 Å². The summed E-state index contributed by atoms with van der Waals surface area (Å²) in [7, 11) is 0. The summed E-state index contributed by atoms with van der Waals surface area (Å²) in [6, 6.07) is -0.993. The molecule has 0 aromatic rings. The zero-order chi connectivity index (χ0) is 14.3. The molecule has 0 fully saturated rings. The molecule has 0 aliphatic heterocycles. The molecule has 1 atom stereocenters. The molecule has 18 heavy (non-hydrogen) atoms. The summed E-state index contributed by atoms with van der Waals surface area (Å²) in [6.45, 7) is 4.97. The first-order chi connectivity index (χ1) is 8.29. The number of hydrogen-bond acceptors (Lipinski definition) is 3. The Balaban J connectivity index is 5.02. The quantitative estimate of drug-likeness (QED) is 0.666. The molecular weight excluding hydrogens is 238 g/mol. The fourth-order valence-electron chi connectivity index (χ4n) is 1.49. The number of carbonyl (C=O) groups excluding carboxylic acids is 1. The highest BCUT2D eigenvalue weighted by Gasteiger charge is 2.27. The smallest absolute Gasteiger partial charge is 0.326 e. The van der Waals surface area contributed by atoms with E-state index in [2.05, 4.69) is 0 Å². The van der Waals surface area contributed by atoms with Gasteiger partial charge in [-0.15, -0.1) is 0 Å². The Morgan fingerprint density at radius 2 is 1.78 bits per heavy atom. The van der Waals surface area contributed by atoms with Gasteiger partial charge in [-0.2, -0.15) is 0 Å². The van der Waals surface area contributed by atoms with Gasteiger partial charge in [0, 0.05) is 12.6 Å². The van der Waals surface area contributed by atoms with E-state index < -0.39 is 23.9 Å². The Labute approximate surface area is 106 Å². The lowest BCUT2D eigenvalue weighted by atomic mass is 10.1. The normalized spacial score (nSPS) is 11.5. The summed E-state index contributed by atoms with van der Waals surface area (Å²) >= 11 is 0. The van der Waals surface area contributed by atoms with Gasteiger partial charge in [-0.25, -0.2) is 4.79 Å². The number of aliphatic carboxylic acids is 2. The van der Waals surface area contributed by atoms with E-state index in [1.165, 1.54) is 6.08 Å². The summed E-state index contributed by atoms with van der Waals surface area (Å²) in [5, 5.41) is 17.6. The van der Waals surface area contributed by atoms with Crippen LogP contribution in [0.4, 0.5) is 0 Å². The number of amides is 1. The second-order valence-corrected chi connectivity index (χ2v) is 4.16. The highest BCUT2D eigenvalue weighted by molar-refractivity contribution is 5.91. The molecule has 0 bridgehead atoms. The van der Waals surface area contributed by atoms with Crippen LogP contribution in [-0.4, -0.2) is 45.5 Å². The Morgan fingerprint density at radius 1 is 1.22 bits per heavy atom. The van der Waals surface area contributed by atoms with Crippen molar-refractivity contribution in [3.8, 4) is 0 Å². The van der Waals surface area contributed by atoms with Crippen molar-refractivity contribution in [2.45, 2.75) is 39.7 Å². The van der Waals surface area contributed by atoms with Crippen LogP contribution in [0.2, 0.25) is 0 Å². The highest BCUT2D eigenvalue weighted by atomic mass is 16.4. The van der Waals surface area contributed by atoms with Crippen molar-refractivity contribution in [1.29, 1.82) is 0 Å². The molecule has 0 aliphatic carbocycles. The van der Waals surface area contributed by atoms with E-state index in [9.17, 15) is 14.4 Å². The molecule has 0 aromatic heterocycles. The van der Waals surface area contributed by atoms with E-state index in [1.807, 2.05) is 0 Å². The lowest BCUT2D eigenvalue weighted by Gasteiger charge is -2.26. The van der Waals surface area contributed by atoms with Crippen LogP contribution in [0.25, 0.3) is 0 Å². The predicted octanol–water partition coefficient (Wildman–Crippen LogP) is 1.12. The molecule has 1 amide bonds. The molecule has 102 valence electrons. The van der Waals surface area contributed by atoms with Crippen LogP contribution in [0.3, 0.4) is 0 Å². The van der Waals surface area contributed by atoms with Crippen molar-refractivity contribution < 1.29 is 24.6 Å². The summed E-state index contributed by atoms with van der Waals surface area (Å²) in [5.74, 6) is -2.66. The van der Waals surface area contributed by atoms with Gasteiger partial charge in [-0.1, -0.05) is 12.5 Å². The standard InChI is InChI=1S/C12H19NO5/c1-4-9(12(17)18)13(6-5-11(15)16)10(14)7-8(2)3/h7,9H,4-6H2,1-3H3,(H,15,16)(H,17,18). The van der Waals surface area contributed by atoms with Gasteiger partial charge in [0.1, 0.15) is 6.04 Å². The second kappa shape index (κ2) is 7.47. The molecule has 2 N–H and O–H groups in total. The van der Waals surface area contributed by atoms with Gasteiger partial charge >= 0.3 is 11.9 Å². The Bertz CT molecular complexity index is 357. The van der Waals surface area contributed by atoms with Gasteiger partial charge in [0.2, 0.25) is 5.91 Å².